The summed E-state index contributed by atoms with van der Waals surface area (Å²) in [4.78, 5) is 1.11. The van der Waals surface area contributed by atoms with Crippen LogP contribution in [0.4, 0.5) is 0 Å². The summed E-state index contributed by atoms with van der Waals surface area (Å²) in [5, 5.41) is 5.11. The van der Waals surface area contributed by atoms with E-state index in [0.717, 1.165) is 23.4 Å². The van der Waals surface area contributed by atoms with Crippen molar-refractivity contribution in [2.45, 2.75) is 12.7 Å². The number of hydrogen-bond acceptors (Lipinski definition) is 4. The van der Waals surface area contributed by atoms with Gasteiger partial charge in [0.05, 0.1) is 18.1 Å². The predicted octanol–water partition coefficient (Wildman–Crippen LogP) is 1.75. The third-order valence-corrected chi connectivity index (χ3v) is 3.16. The molecule has 0 bridgehead atoms. The molecule has 0 spiro atoms. The Bertz CT molecular complexity index is 385. The molecule has 3 nitrogen and oxygen atoms in total. The first-order valence-electron chi connectivity index (χ1n) is 5.35. The zero-order valence-electron chi connectivity index (χ0n) is 9.29. The van der Waals surface area contributed by atoms with Crippen molar-refractivity contribution in [3.05, 3.63) is 21.9 Å². The fourth-order valence-electron chi connectivity index (χ4n) is 1.42. The van der Waals surface area contributed by atoms with Crippen molar-refractivity contribution in [3.63, 3.8) is 0 Å². The van der Waals surface area contributed by atoms with E-state index in [1.807, 2.05) is 18.5 Å². The molecule has 0 unspecified atom stereocenters. The van der Waals surface area contributed by atoms with E-state index < -0.39 is 0 Å². The molecule has 16 heavy (non-hydrogen) atoms. The maximum Gasteiger partial charge on any atom is 0.193 e. The van der Waals surface area contributed by atoms with Gasteiger partial charge in [-0.3, -0.25) is 0 Å². The average Bonchev–Trinajstić information content (AvgIpc) is 2.94. The highest BCUT2D eigenvalue weighted by atomic mass is 32.1. The topological polar surface area (TPSA) is 30.5 Å². The van der Waals surface area contributed by atoms with Gasteiger partial charge in [-0.15, -0.1) is 11.3 Å². The summed E-state index contributed by atoms with van der Waals surface area (Å²) in [7, 11) is 1.93. The van der Waals surface area contributed by atoms with E-state index in [4.69, 9.17) is 9.47 Å². The van der Waals surface area contributed by atoms with Crippen LogP contribution < -0.4 is 5.32 Å². The molecule has 1 aromatic rings. The van der Waals surface area contributed by atoms with Gasteiger partial charge in [-0.25, -0.2) is 0 Å². The van der Waals surface area contributed by atoms with Gasteiger partial charge >= 0.3 is 0 Å². The third kappa shape index (κ3) is 3.06. The minimum Gasteiger partial charge on any atom is -0.345 e. The summed E-state index contributed by atoms with van der Waals surface area (Å²) in [6.45, 7) is 2.30. The van der Waals surface area contributed by atoms with Crippen molar-refractivity contribution in [2.75, 3.05) is 26.8 Å². The molecule has 1 saturated heterocycles. The number of rotatable bonds is 3. The van der Waals surface area contributed by atoms with Crippen molar-refractivity contribution < 1.29 is 9.47 Å². The number of hydrogen-bond donors (Lipinski definition) is 1. The molecular formula is C12H15NO2S. The molecule has 0 aromatic carbocycles. The predicted molar refractivity (Wildman–Crippen MR) is 64.4 cm³/mol. The van der Waals surface area contributed by atoms with Gasteiger partial charge in [0.25, 0.3) is 0 Å². The lowest BCUT2D eigenvalue weighted by atomic mass is 10.3. The van der Waals surface area contributed by atoms with E-state index in [-0.39, 0.29) is 6.29 Å². The van der Waals surface area contributed by atoms with E-state index in [1.165, 1.54) is 0 Å². The third-order valence-electron chi connectivity index (χ3n) is 2.21. The monoisotopic (exact) mass is 237 g/mol. The van der Waals surface area contributed by atoms with Crippen LogP contribution in [0.5, 0.6) is 0 Å². The first kappa shape index (κ1) is 11.6. The quantitative estimate of drug-likeness (QED) is 0.642. The van der Waals surface area contributed by atoms with Crippen LogP contribution in [0, 0.1) is 11.8 Å². The molecule has 1 aliphatic rings. The van der Waals surface area contributed by atoms with E-state index in [2.05, 4.69) is 17.2 Å². The zero-order chi connectivity index (χ0) is 11.2. The standard InChI is InChI=1S/C12H15NO2S/c1-13-5-3-2-4-10-8-11(16-9-10)12-14-6-7-15-12/h8-9,12-13H,3,5-7H2,1H3. The zero-order valence-corrected chi connectivity index (χ0v) is 10.1. The Morgan fingerprint density at radius 1 is 1.50 bits per heavy atom. The highest BCUT2D eigenvalue weighted by Gasteiger charge is 2.19. The van der Waals surface area contributed by atoms with Gasteiger partial charge in [-0.1, -0.05) is 11.8 Å². The summed E-state index contributed by atoms with van der Waals surface area (Å²) in [5.74, 6) is 6.25. The SMILES string of the molecule is CNCCC#Cc1csc(C2OCCO2)c1. The van der Waals surface area contributed by atoms with Crippen molar-refractivity contribution in [1.29, 1.82) is 0 Å². The fourth-order valence-corrected chi connectivity index (χ4v) is 2.25. The van der Waals surface area contributed by atoms with E-state index in [0.29, 0.717) is 13.2 Å². The summed E-state index contributed by atoms with van der Waals surface area (Å²) >= 11 is 1.64. The Balaban J connectivity index is 1.92. The summed E-state index contributed by atoms with van der Waals surface area (Å²) in [6, 6.07) is 2.05. The van der Waals surface area contributed by atoms with E-state index in [1.54, 1.807) is 11.3 Å². The second-order valence-corrected chi connectivity index (χ2v) is 4.41. The van der Waals surface area contributed by atoms with Crippen molar-refractivity contribution in [2.24, 2.45) is 0 Å². The summed E-state index contributed by atoms with van der Waals surface area (Å²) in [5.41, 5.74) is 1.05. The fraction of sp³-hybridized carbons (Fsp3) is 0.500. The van der Waals surface area contributed by atoms with Crippen LogP contribution in [0.25, 0.3) is 0 Å². The molecule has 0 atom stereocenters. The number of ether oxygens (including phenoxy) is 2. The lowest BCUT2D eigenvalue weighted by molar-refractivity contribution is -0.0413. The molecule has 1 fully saturated rings. The maximum atomic E-state index is 5.43. The van der Waals surface area contributed by atoms with Crippen LogP contribution in [0.2, 0.25) is 0 Å². The summed E-state index contributed by atoms with van der Waals surface area (Å²) < 4.78 is 10.9. The van der Waals surface area contributed by atoms with Gasteiger partial charge in [0.2, 0.25) is 0 Å². The van der Waals surface area contributed by atoms with Crippen LogP contribution in [-0.2, 0) is 9.47 Å². The smallest absolute Gasteiger partial charge is 0.193 e. The first-order valence-corrected chi connectivity index (χ1v) is 6.23. The largest absolute Gasteiger partial charge is 0.345 e. The van der Waals surface area contributed by atoms with Crippen molar-refractivity contribution in [1.82, 2.24) is 5.32 Å². The molecule has 2 rings (SSSR count). The van der Waals surface area contributed by atoms with Crippen LogP contribution in [-0.4, -0.2) is 26.8 Å². The highest BCUT2D eigenvalue weighted by molar-refractivity contribution is 7.10. The second kappa shape index (κ2) is 6.02. The Hall–Kier alpha value is -0.860. The average molecular weight is 237 g/mol. The molecule has 1 aromatic heterocycles. The van der Waals surface area contributed by atoms with Gasteiger partial charge in [0.1, 0.15) is 0 Å². The van der Waals surface area contributed by atoms with Gasteiger partial charge < -0.3 is 14.8 Å². The van der Waals surface area contributed by atoms with Crippen LogP contribution in [0.1, 0.15) is 23.2 Å². The normalized spacial score (nSPS) is 16.1. The van der Waals surface area contributed by atoms with Crippen LogP contribution >= 0.6 is 11.3 Å². The molecule has 86 valence electrons. The molecular weight excluding hydrogens is 222 g/mol. The number of thiophene rings is 1. The molecule has 0 amide bonds. The Kier molecular flexibility index (Phi) is 4.37. The van der Waals surface area contributed by atoms with Gasteiger partial charge in [0, 0.05) is 23.9 Å². The maximum absolute atomic E-state index is 5.43. The summed E-state index contributed by atoms with van der Waals surface area (Å²) in [6.07, 6.45) is 0.704. The van der Waals surface area contributed by atoms with Crippen LogP contribution in [0.3, 0.4) is 0 Å². The minimum absolute atomic E-state index is 0.169. The van der Waals surface area contributed by atoms with E-state index in [9.17, 15) is 0 Å². The molecule has 1 N–H and O–H groups in total. The molecule has 1 aliphatic heterocycles. The van der Waals surface area contributed by atoms with Gasteiger partial charge in [-0.05, 0) is 13.1 Å². The Morgan fingerprint density at radius 3 is 3.06 bits per heavy atom. The second-order valence-electron chi connectivity index (χ2n) is 3.47. The van der Waals surface area contributed by atoms with Crippen LogP contribution in [0.15, 0.2) is 11.4 Å². The Labute approximate surface area is 99.8 Å². The molecule has 0 aliphatic carbocycles. The van der Waals surface area contributed by atoms with Gasteiger partial charge in [0.15, 0.2) is 6.29 Å². The van der Waals surface area contributed by atoms with Crippen molar-refractivity contribution in [3.8, 4) is 11.8 Å². The molecule has 0 radical (unpaired) electrons. The molecule has 2 heterocycles. The lowest BCUT2D eigenvalue weighted by Gasteiger charge is -2.03. The number of nitrogens with one attached hydrogen (secondary N) is 1. The molecule has 0 saturated carbocycles. The highest BCUT2D eigenvalue weighted by Crippen LogP contribution is 2.28. The minimum atomic E-state index is -0.169. The lowest BCUT2D eigenvalue weighted by Crippen LogP contribution is -2.05. The Morgan fingerprint density at radius 2 is 2.31 bits per heavy atom. The molecule has 4 heteroatoms. The first-order chi connectivity index (χ1) is 7.90. The van der Waals surface area contributed by atoms with E-state index >= 15 is 0 Å². The van der Waals surface area contributed by atoms with Gasteiger partial charge in [-0.2, -0.15) is 0 Å². The van der Waals surface area contributed by atoms with Crippen molar-refractivity contribution >= 4 is 11.3 Å².